The minimum Gasteiger partial charge on any atom is -0.390 e. The number of hydrogen-bond donors (Lipinski definition) is 1. The predicted octanol–water partition coefficient (Wildman–Crippen LogP) is 2.28. The van der Waals surface area contributed by atoms with E-state index in [1.54, 1.807) is 4.68 Å². The van der Waals surface area contributed by atoms with Crippen LogP contribution in [0.3, 0.4) is 0 Å². The number of benzene rings is 1. The van der Waals surface area contributed by atoms with Crippen LogP contribution in [-0.2, 0) is 13.0 Å². The first-order chi connectivity index (χ1) is 8.19. The fourth-order valence-electron chi connectivity index (χ4n) is 1.83. The van der Waals surface area contributed by atoms with Gasteiger partial charge in [-0.1, -0.05) is 29.8 Å². The summed E-state index contributed by atoms with van der Waals surface area (Å²) in [5, 5.41) is 17.9. The van der Waals surface area contributed by atoms with Gasteiger partial charge in [0, 0.05) is 5.02 Å². The molecule has 0 radical (unpaired) electrons. The van der Waals surface area contributed by atoms with E-state index in [0.29, 0.717) is 10.7 Å². The van der Waals surface area contributed by atoms with Crippen molar-refractivity contribution < 1.29 is 5.11 Å². The lowest BCUT2D eigenvalue weighted by atomic mass is 10.2. The number of nitrogens with zero attached hydrogens (tertiary/aromatic N) is 3. The topological polar surface area (TPSA) is 50.9 Å². The first-order valence-electron chi connectivity index (χ1n) is 5.48. The van der Waals surface area contributed by atoms with Crippen molar-refractivity contribution in [3.8, 4) is 5.69 Å². The minimum absolute atomic E-state index is 0.0945. The van der Waals surface area contributed by atoms with E-state index in [4.69, 9.17) is 11.6 Å². The van der Waals surface area contributed by atoms with Crippen LogP contribution in [0.1, 0.15) is 23.9 Å². The van der Waals surface area contributed by atoms with Gasteiger partial charge in [-0.25, -0.2) is 4.68 Å². The molecule has 0 amide bonds. The summed E-state index contributed by atoms with van der Waals surface area (Å²) in [6.45, 7) is 3.86. The maximum atomic E-state index is 9.19. The molecule has 0 bridgehead atoms. The molecule has 0 aliphatic heterocycles. The smallest absolute Gasteiger partial charge is 0.112 e. The lowest BCUT2D eigenvalue weighted by Gasteiger charge is -2.09. The standard InChI is InChI=1S/C12H14ClN3O/c1-3-11-10(7-17)14-15-16(11)12-6-4-5-9(13)8(12)2/h4-6,17H,3,7H2,1-2H3. The molecule has 1 aromatic carbocycles. The maximum absolute atomic E-state index is 9.19. The van der Waals surface area contributed by atoms with Gasteiger partial charge in [0.2, 0.25) is 0 Å². The van der Waals surface area contributed by atoms with E-state index >= 15 is 0 Å². The van der Waals surface area contributed by atoms with Crippen molar-refractivity contribution in [3.63, 3.8) is 0 Å². The largest absolute Gasteiger partial charge is 0.390 e. The molecule has 1 heterocycles. The van der Waals surface area contributed by atoms with Gasteiger partial charge >= 0.3 is 0 Å². The maximum Gasteiger partial charge on any atom is 0.112 e. The third-order valence-corrected chi connectivity index (χ3v) is 3.21. The van der Waals surface area contributed by atoms with Crippen LogP contribution in [0.2, 0.25) is 5.02 Å². The summed E-state index contributed by atoms with van der Waals surface area (Å²) >= 11 is 6.09. The molecule has 0 atom stereocenters. The van der Waals surface area contributed by atoms with Crippen molar-refractivity contribution in [2.75, 3.05) is 0 Å². The number of aliphatic hydroxyl groups is 1. The van der Waals surface area contributed by atoms with Gasteiger partial charge in [0.1, 0.15) is 5.69 Å². The molecule has 0 unspecified atom stereocenters. The highest BCUT2D eigenvalue weighted by molar-refractivity contribution is 6.31. The SMILES string of the molecule is CCc1c(CO)nnn1-c1cccc(Cl)c1C. The van der Waals surface area contributed by atoms with Gasteiger partial charge in [0.15, 0.2) is 0 Å². The Balaban J connectivity index is 2.60. The number of aromatic nitrogens is 3. The van der Waals surface area contributed by atoms with Crippen LogP contribution in [0.4, 0.5) is 0 Å². The number of hydrogen-bond acceptors (Lipinski definition) is 3. The molecule has 0 saturated carbocycles. The first kappa shape index (κ1) is 12.1. The Morgan fingerprint density at radius 3 is 2.82 bits per heavy atom. The summed E-state index contributed by atoms with van der Waals surface area (Å²) in [6.07, 6.45) is 0.759. The molecule has 17 heavy (non-hydrogen) atoms. The van der Waals surface area contributed by atoms with E-state index in [0.717, 1.165) is 23.4 Å². The van der Waals surface area contributed by atoms with Crippen molar-refractivity contribution in [2.45, 2.75) is 26.9 Å². The van der Waals surface area contributed by atoms with Crippen molar-refractivity contribution in [1.29, 1.82) is 0 Å². The molecular formula is C12H14ClN3O. The van der Waals surface area contributed by atoms with Crippen LogP contribution in [0.5, 0.6) is 0 Å². The zero-order valence-electron chi connectivity index (χ0n) is 9.81. The second-order valence-electron chi connectivity index (χ2n) is 3.79. The second-order valence-corrected chi connectivity index (χ2v) is 4.20. The van der Waals surface area contributed by atoms with Crippen LogP contribution in [0.25, 0.3) is 5.69 Å². The van der Waals surface area contributed by atoms with Crippen LogP contribution in [0.15, 0.2) is 18.2 Å². The van der Waals surface area contributed by atoms with Gasteiger partial charge in [0.25, 0.3) is 0 Å². The Bertz CT molecular complexity index is 537. The van der Waals surface area contributed by atoms with E-state index in [-0.39, 0.29) is 6.61 Å². The predicted molar refractivity (Wildman–Crippen MR) is 66.4 cm³/mol. The Hall–Kier alpha value is -1.39. The Morgan fingerprint density at radius 2 is 2.18 bits per heavy atom. The quantitative estimate of drug-likeness (QED) is 0.911. The molecule has 1 aromatic heterocycles. The summed E-state index contributed by atoms with van der Waals surface area (Å²) in [5.74, 6) is 0. The molecule has 4 nitrogen and oxygen atoms in total. The van der Waals surface area contributed by atoms with E-state index < -0.39 is 0 Å². The average molecular weight is 252 g/mol. The number of halogens is 1. The van der Waals surface area contributed by atoms with E-state index in [1.165, 1.54) is 0 Å². The zero-order chi connectivity index (χ0) is 12.4. The molecule has 0 fully saturated rings. The summed E-state index contributed by atoms with van der Waals surface area (Å²) in [7, 11) is 0. The van der Waals surface area contributed by atoms with Crippen LogP contribution < -0.4 is 0 Å². The molecule has 0 aliphatic rings. The van der Waals surface area contributed by atoms with E-state index in [1.807, 2.05) is 32.0 Å². The van der Waals surface area contributed by atoms with E-state index in [9.17, 15) is 5.11 Å². The van der Waals surface area contributed by atoms with Gasteiger partial charge < -0.3 is 5.11 Å². The van der Waals surface area contributed by atoms with Gasteiger partial charge in [0.05, 0.1) is 18.0 Å². The Kier molecular flexibility index (Phi) is 3.45. The highest BCUT2D eigenvalue weighted by Crippen LogP contribution is 2.23. The number of aliphatic hydroxyl groups excluding tert-OH is 1. The summed E-state index contributed by atoms with van der Waals surface area (Å²) in [4.78, 5) is 0. The average Bonchev–Trinajstić information content (AvgIpc) is 2.75. The normalized spacial score (nSPS) is 10.8. The number of rotatable bonds is 3. The third-order valence-electron chi connectivity index (χ3n) is 2.80. The lowest BCUT2D eigenvalue weighted by Crippen LogP contribution is -2.04. The monoisotopic (exact) mass is 251 g/mol. The molecule has 90 valence electrons. The molecule has 2 rings (SSSR count). The van der Waals surface area contributed by atoms with Gasteiger partial charge in [-0.3, -0.25) is 0 Å². The van der Waals surface area contributed by atoms with Crippen molar-refractivity contribution in [1.82, 2.24) is 15.0 Å². The molecule has 0 aliphatic carbocycles. The molecule has 5 heteroatoms. The summed E-state index contributed by atoms with van der Waals surface area (Å²) in [6, 6.07) is 5.66. The highest BCUT2D eigenvalue weighted by atomic mass is 35.5. The second kappa shape index (κ2) is 4.85. The molecule has 2 aromatic rings. The first-order valence-corrected chi connectivity index (χ1v) is 5.86. The fraction of sp³-hybridized carbons (Fsp3) is 0.333. The third kappa shape index (κ3) is 2.06. The summed E-state index contributed by atoms with van der Waals surface area (Å²) < 4.78 is 1.74. The van der Waals surface area contributed by atoms with Crippen LogP contribution in [0, 0.1) is 6.92 Å². The summed E-state index contributed by atoms with van der Waals surface area (Å²) in [5.41, 5.74) is 3.39. The van der Waals surface area contributed by atoms with Gasteiger partial charge in [-0.2, -0.15) is 0 Å². The van der Waals surface area contributed by atoms with Crippen LogP contribution in [-0.4, -0.2) is 20.1 Å². The minimum atomic E-state index is -0.0945. The Morgan fingerprint density at radius 1 is 1.41 bits per heavy atom. The van der Waals surface area contributed by atoms with Gasteiger partial charge in [-0.15, -0.1) is 5.10 Å². The van der Waals surface area contributed by atoms with Crippen molar-refractivity contribution in [3.05, 3.63) is 40.2 Å². The lowest BCUT2D eigenvalue weighted by molar-refractivity contribution is 0.275. The Labute approximate surface area is 105 Å². The molecule has 0 spiro atoms. The van der Waals surface area contributed by atoms with Crippen LogP contribution >= 0.6 is 11.6 Å². The molecule has 0 saturated heterocycles. The molecule has 1 N–H and O–H groups in total. The highest BCUT2D eigenvalue weighted by Gasteiger charge is 2.13. The fourth-order valence-corrected chi connectivity index (χ4v) is 2.00. The van der Waals surface area contributed by atoms with Gasteiger partial charge in [-0.05, 0) is 31.0 Å². The van der Waals surface area contributed by atoms with Crippen molar-refractivity contribution >= 4 is 11.6 Å². The zero-order valence-corrected chi connectivity index (χ0v) is 10.6. The van der Waals surface area contributed by atoms with Crippen molar-refractivity contribution in [2.24, 2.45) is 0 Å². The molecular weight excluding hydrogens is 238 g/mol. The van der Waals surface area contributed by atoms with E-state index in [2.05, 4.69) is 10.3 Å².